The Balaban J connectivity index is 2.84. The van der Waals surface area contributed by atoms with Gasteiger partial charge >= 0.3 is 5.97 Å². The van der Waals surface area contributed by atoms with Crippen LogP contribution in [0.4, 0.5) is 0 Å². The van der Waals surface area contributed by atoms with E-state index in [9.17, 15) is 4.79 Å². The molecule has 5 heteroatoms. The van der Waals surface area contributed by atoms with Gasteiger partial charge in [0.2, 0.25) is 5.76 Å². The number of carboxylic acids is 1. The fraction of sp³-hybridized carbons (Fsp3) is 0.375. The number of carboxylic acid groups (broad SMARTS) is 1. The zero-order valence-corrected chi connectivity index (χ0v) is 6.80. The standard InChI is InChI=1S/C8H10O5/c9-3-5(4-10)6-1-2-7(13-6)8(11)12/h1-2,5,9-10H,3-4H2,(H,11,12). The summed E-state index contributed by atoms with van der Waals surface area (Å²) in [6.45, 7) is -0.549. The van der Waals surface area contributed by atoms with Crippen molar-refractivity contribution in [3.05, 3.63) is 23.7 Å². The van der Waals surface area contributed by atoms with Crippen LogP contribution in [0.3, 0.4) is 0 Å². The molecule has 1 rings (SSSR count). The first kappa shape index (κ1) is 9.76. The molecule has 0 bridgehead atoms. The smallest absolute Gasteiger partial charge is 0.371 e. The van der Waals surface area contributed by atoms with Crippen molar-refractivity contribution in [2.24, 2.45) is 0 Å². The Labute approximate surface area is 74.2 Å². The van der Waals surface area contributed by atoms with E-state index in [1.807, 2.05) is 0 Å². The number of rotatable bonds is 4. The maximum Gasteiger partial charge on any atom is 0.371 e. The SMILES string of the molecule is O=C(O)c1ccc(C(CO)CO)o1. The van der Waals surface area contributed by atoms with E-state index < -0.39 is 11.9 Å². The van der Waals surface area contributed by atoms with Crippen LogP contribution in [-0.4, -0.2) is 34.5 Å². The number of hydrogen-bond acceptors (Lipinski definition) is 4. The molecule has 0 unspecified atom stereocenters. The van der Waals surface area contributed by atoms with Crippen LogP contribution in [-0.2, 0) is 0 Å². The predicted octanol–water partition coefficient (Wildman–Crippen LogP) is 0.0460. The van der Waals surface area contributed by atoms with Crippen LogP contribution in [0.25, 0.3) is 0 Å². The summed E-state index contributed by atoms with van der Waals surface area (Å²) >= 11 is 0. The Morgan fingerprint density at radius 1 is 1.38 bits per heavy atom. The molecule has 0 atom stereocenters. The number of carbonyl (C=O) groups is 1. The Hall–Kier alpha value is -1.33. The molecule has 1 heterocycles. The van der Waals surface area contributed by atoms with Crippen molar-refractivity contribution >= 4 is 5.97 Å². The summed E-state index contributed by atoms with van der Waals surface area (Å²) in [5.74, 6) is -1.63. The van der Waals surface area contributed by atoms with Gasteiger partial charge in [-0.15, -0.1) is 0 Å². The Kier molecular flexibility index (Phi) is 3.05. The van der Waals surface area contributed by atoms with Crippen molar-refractivity contribution in [2.45, 2.75) is 5.92 Å². The van der Waals surface area contributed by atoms with Crippen LogP contribution in [0, 0.1) is 0 Å². The molecule has 0 radical (unpaired) electrons. The summed E-state index contributed by atoms with van der Waals surface area (Å²) in [7, 11) is 0. The van der Waals surface area contributed by atoms with Crippen molar-refractivity contribution in [3.63, 3.8) is 0 Å². The number of aliphatic hydroxyl groups excluding tert-OH is 2. The summed E-state index contributed by atoms with van der Waals surface area (Å²) in [6, 6.07) is 2.72. The third-order valence-corrected chi connectivity index (χ3v) is 1.68. The van der Waals surface area contributed by atoms with Crippen molar-refractivity contribution in [1.82, 2.24) is 0 Å². The second kappa shape index (κ2) is 4.06. The van der Waals surface area contributed by atoms with Crippen LogP contribution >= 0.6 is 0 Å². The van der Waals surface area contributed by atoms with E-state index >= 15 is 0 Å². The number of hydrogen-bond donors (Lipinski definition) is 3. The van der Waals surface area contributed by atoms with Crippen molar-refractivity contribution in [2.75, 3.05) is 13.2 Å². The maximum atomic E-state index is 10.4. The van der Waals surface area contributed by atoms with Crippen LogP contribution in [0.2, 0.25) is 0 Å². The van der Waals surface area contributed by atoms with Gasteiger partial charge < -0.3 is 19.7 Å². The van der Waals surface area contributed by atoms with Crippen molar-refractivity contribution in [3.8, 4) is 0 Å². The molecule has 0 spiro atoms. The highest BCUT2D eigenvalue weighted by molar-refractivity contribution is 5.84. The van der Waals surface area contributed by atoms with Gasteiger partial charge in [-0.25, -0.2) is 4.79 Å². The summed E-state index contributed by atoms with van der Waals surface area (Å²) in [5, 5.41) is 26.0. The van der Waals surface area contributed by atoms with Crippen LogP contribution in [0.1, 0.15) is 22.2 Å². The lowest BCUT2D eigenvalue weighted by atomic mass is 10.1. The van der Waals surface area contributed by atoms with Gasteiger partial charge in [0.25, 0.3) is 0 Å². The van der Waals surface area contributed by atoms with E-state index in [0.717, 1.165) is 0 Å². The molecule has 3 N–H and O–H groups in total. The molecule has 1 aromatic rings. The minimum Gasteiger partial charge on any atom is -0.475 e. The molecular formula is C8H10O5. The molecule has 0 aliphatic rings. The molecule has 13 heavy (non-hydrogen) atoms. The van der Waals surface area contributed by atoms with Crippen LogP contribution < -0.4 is 0 Å². The Morgan fingerprint density at radius 3 is 2.38 bits per heavy atom. The number of aliphatic hydroxyl groups is 2. The second-order valence-corrected chi connectivity index (χ2v) is 2.57. The minimum atomic E-state index is -1.17. The van der Waals surface area contributed by atoms with Gasteiger partial charge in [-0.05, 0) is 12.1 Å². The number of furan rings is 1. The molecular weight excluding hydrogens is 176 g/mol. The second-order valence-electron chi connectivity index (χ2n) is 2.57. The molecule has 0 aliphatic heterocycles. The first-order valence-corrected chi connectivity index (χ1v) is 3.73. The molecule has 0 amide bonds. The maximum absolute atomic E-state index is 10.4. The van der Waals surface area contributed by atoms with E-state index in [0.29, 0.717) is 0 Å². The van der Waals surface area contributed by atoms with E-state index in [-0.39, 0.29) is 24.7 Å². The summed E-state index contributed by atoms with van der Waals surface area (Å²) in [6.07, 6.45) is 0. The average molecular weight is 186 g/mol. The minimum absolute atomic E-state index is 0.193. The van der Waals surface area contributed by atoms with Gasteiger partial charge in [0.1, 0.15) is 5.76 Å². The summed E-state index contributed by atoms with van der Waals surface area (Å²) in [5.41, 5.74) is 0. The first-order chi connectivity index (χ1) is 6.19. The zero-order valence-electron chi connectivity index (χ0n) is 6.80. The Morgan fingerprint density at radius 2 is 2.00 bits per heavy atom. The fourth-order valence-corrected chi connectivity index (χ4v) is 0.925. The van der Waals surface area contributed by atoms with Gasteiger partial charge in [-0.2, -0.15) is 0 Å². The van der Waals surface area contributed by atoms with E-state index in [1.54, 1.807) is 0 Å². The van der Waals surface area contributed by atoms with Gasteiger partial charge in [-0.1, -0.05) is 0 Å². The van der Waals surface area contributed by atoms with Gasteiger partial charge in [0, 0.05) is 0 Å². The average Bonchev–Trinajstić information content (AvgIpc) is 2.56. The lowest BCUT2D eigenvalue weighted by Crippen LogP contribution is -2.07. The lowest BCUT2D eigenvalue weighted by Gasteiger charge is -2.05. The third kappa shape index (κ3) is 2.07. The molecule has 0 saturated carbocycles. The Bertz CT molecular complexity index is 286. The van der Waals surface area contributed by atoms with Gasteiger partial charge in [-0.3, -0.25) is 0 Å². The van der Waals surface area contributed by atoms with Crippen molar-refractivity contribution in [1.29, 1.82) is 0 Å². The van der Waals surface area contributed by atoms with E-state index in [2.05, 4.69) is 0 Å². The van der Waals surface area contributed by atoms with Gasteiger partial charge in [0.15, 0.2) is 0 Å². The molecule has 0 fully saturated rings. The van der Waals surface area contributed by atoms with Crippen LogP contribution in [0.15, 0.2) is 16.5 Å². The molecule has 1 aromatic heterocycles. The molecule has 0 saturated heterocycles. The topological polar surface area (TPSA) is 90.9 Å². The fourth-order valence-electron chi connectivity index (χ4n) is 0.925. The lowest BCUT2D eigenvalue weighted by molar-refractivity contribution is 0.0656. The molecule has 72 valence electrons. The van der Waals surface area contributed by atoms with Crippen LogP contribution in [0.5, 0.6) is 0 Å². The highest BCUT2D eigenvalue weighted by Crippen LogP contribution is 2.17. The molecule has 0 aliphatic carbocycles. The highest BCUT2D eigenvalue weighted by Gasteiger charge is 2.16. The predicted molar refractivity (Wildman–Crippen MR) is 42.6 cm³/mol. The quantitative estimate of drug-likeness (QED) is 0.617. The third-order valence-electron chi connectivity index (χ3n) is 1.68. The zero-order chi connectivity index (χ0) is 9.84. The van der Waals surface area contributed by atoms with Crippen molar-refractivity contribution < 1.29 is 24.5 Å². The molecule has 0 aromatic carbocycles. The summed E-state index contributed by atoms with van der Waals surface area (Å²) < 4.78 is 4.87. The first-order valence-electron chi connectivity index (χ1n) is 3.73. The highest BCUT2D eigenvalue weighted by atomic mass is 16.4. The van der Waals surface area contributed by atoms with Gasteiger partial charge in [0.05, 0.1) is 19.1 Å². The monoisotopic (exact) mass is 186 g/mol. The van der Waals surface area contributed by atoms with E-state index in [1.165, 1.54) is 12.1 Å². The normalized spacial score (nSPS) is 10.7. The summed E-state index contributed by atoms with van der Waals surface area (Å²) in [4.78, 5) is 10.4. The van der Waals surface area contributed by atoms with E-state index in [4.69, 9.17) is 19.7 Å². The molecule has 5 nitrogen and oxygen atoms in total. The number of aromatic carboxylic acids is 1. The largest absolute Gasteiger partial charge is 0.475 e.